The third kappa shape index (κ3) is 10.1. The molecule has 6 atom stereocenters. The highest BCUT2D eigenvalue weighted by atomic mass is 16.4. The summed E-state index contributed by atoms with van der Waals surface area (Å²) in [6.07, 6.45) is 8.44. The van der Waals surface area contributed by atoms with Crippen LogP contribution in [0.15, 0.2) is 79.1 Å². The molecule has 3 fully saturated rings. The number of carboxylic acid groups (broad SMARTS) is 3. The lowest BCUT2D eigenvalue weighted by molar-refractivity contribution is -0.144. The van der Waals surface area contributed by atoms with Crippen LogP contribution in [-0.2, 0) is 53.3 Å². The minimum absolute atomic E-state index is 0.123. The number of nitrogens with one attached hydrogen (secondary N) is 3. The topological polar surface area (TPSA) is 156 Å². The van der Waals surface area contributed by atoms with Gasteiger partial charge in [-0.25, -0.2) is 0 Å². The van der Waals surface area contributed by atoms with Crippen molar-refractivity contribution in [2.45, 2.75) is 58.2 Å². The first-order chi connectivity index (χ1) is 27.2. The van der Waals surface area contributed by atoms with Gasteiger partial charge in [-0.3, -0.25) is 19.3 Å². The summed E-state index contributed by atoms with van der Waals surface area (Å²) in [4.78, 5) is 39.4. The minimum atomic E-state index is -0.740. The molecule has 298 valence electrons. The van der Waals surface area contributed by atoms with Crippen LogP contribution in [0.3, 0.4) is 0 Å². The Morgan fingerprint density at radius 2 is 1.09 bits per heavy atom. The number of rotatable bonds is 19. The molecule has 6 unspecified atom stereocenters. The highest BCUT2D eigenvalue weighted by molar-refractivity contribution is 5.86. The van der Waals surface area contributed by atoms with Gasteiger partial charge >= 0.3 is 17.9 Å². The molecule has 0 radical (unpaired) electrons. The Morgan fingerprint density at radius 3 is 1.55 bits per heavy atom. The number of carbonyl (C=O) groups is 3. The van der Waals surface area contributed by atoms with Crippen molar-refractivity contribution in [2.24, 2.45) is 35.5 Å². The second kappa shape index (κ2) is 18.6. The first kappa shape index (κ1) is 39.7. The molecular formula is C45H57N5O6. The third-order valence-corrected chi connectivity index (χ3v) is 12.6. The fraction of sp³-hybridized carbons (Fsp3) is 0.489. The van der Waals surface area contributed by atoms with E-state index in [0.717, 1.165) is 104 Å². The molecule has 7 rings (SSSR count). The van der Waals surface area contributed by atoms with Crippen molar-refractivity contribution in [1.82, 2.24) is 25.4 Å². The van der Waals surface area contributed by atoms with Gasteiger partial charge in [-0.05, 0) is 129 Å². The van der Waals surface area contributed by atoms with E-state index in [4.69, 9.17) is 0 Å². The number of aromatic nitrogens is 1. The number of hydrogen-bond acceptors (Lipinski definition) is 7. The molecule has 1 aromatic heterocycles. The normalized spacial score (nSPS) is 21.4. The molecule has 11 heteroatoms. The average Bonchev–Trinajstić information content (AvgIpc) is 4.03. The molecular weight excluding hydrogens is 707 g/mol. The summed E-state index contributed by atoms with van der Waals surface area (Å²) in [5, 5.41) is 42.5. The van der Waals surface area contributed by atoms with Gasteiger partial charge < -0.3 is 35.8 Å². The van der Waals surface area contributed by atoms with E-state index in [9.17, 15) is 29.7 Å². The summed E-state index contributed by atoms with van der Waals surface area (Å²) in [7, 11) is 0. The predicted octanol–water partition coefficient (Wildman–Crippen LogP) is 4.90. The maximum atomic E-state index is 12.3. The molecule has 6 N–H and O–H groups in total. The maximum Gasteiger partial charge on any atom is 0.307 e. The van der Waals surface area contributed by atoms with E-state index >= 15 is 0 Å². The molecule has 4 heterocycles. The van der Waals surface area contributed by atoms with Gasteiger partial charge in [-0.15, -0.1) is 0 Å². The van der Waals surface area contributed by atoms with Crippen molar-refractivity contribution < 1.29 is 29.7 Å². The SMILES string of the molecule is O=C(O)C(Cc1cccc(CN(CCn2cc3cccc(CC(C(=O)O)C4CCNC4)c3c2)Cc2cccc(CC(C(=O)O)C3CCNC3)c2)c1)C1CCNC1. The van der Waals surface area contributed by atoms with Gasteiger partial charge in [0.25, 0.3) is 0 Å². The summed E-state index contributed by atoms with van der Waals surface area (Å²) in [5.41, 5.74) is 5.36. The molecule has 3 aliphatic rings. The van der Waals surface area contributed by atoms with Crippen LogP contribution in [0, 0.1) is 35.5 Å². The van der Waals surface area contributed by atoms with Gasteiger partial charge in [0.05, 0.1) is 17.8 Å². The van der Waals surface area contributed by atoms with Crippen molar-refractivity contribution in [2.75, 3.05) is 45.8 Å². The zero-order chi connectivity index (χ0) is 39.0. The first-order valence-electron chi connectivity index (χ1n) is 20.5. The fourth-order valence-electron chi connectivity index (χ4n) is 9.46. The van der Waals surface area contributed by atoms with E-state index in [1.165, 1.54) is 0 Å². The highest BCUT2D eigenvalue weighted by Gasteiger charge is 2.33. The van der Waals surface area contributed by atoms with Gasteiger partial charge in [0.1, 0.15) is 0 Å². The molecule has 0 bridgehead atoms. The van der Waals surface area contributed by atoms with Crippen LogP contribution in [0.5, 0.6) is 0 Å². The Balaban J connectivity index is 1.10. The van der Waals surface area contributed by atoms with Crippen LogP contribution in [0.2, 0.25) is 0 Å². The molecule has 11 nitrogen and oxygen atoms in total. The third-order valence-electron chi connectivity index (χ3n) is 12.6. The number of fused-ring (bicyclic) bond motifs is 1. The monoisotopic (exact) mass is 763 g/mol. The summed E-state index contributed by atoms with van der Waals surface area (Å²) < 4.78 is 2.21. The number of nitrogens with zero attached hydrogens (tertiary/aromatic N) is 2. The van der Waals surface area contributed by atoms with Crippen molar-refractivity contribution in [1.29, 1.82) is 0 Å². The zero-order valence-corrected chi connectivity index (χ0v) is 32.2. The van der Waals surface area contributed by atoms with Crippen molar-refractivity contribution in [3.05, 3.63) is 107 Å². The van der Waals surface area contributed by atoms with Crippen LogP contribution in [-0.4, -0.2) is 88.5 Å². The molecule has 56 heavy (non-hydrogen) atoms. The van der Waals surface area contributed by atoms with Crippen LogP contribution in [0.25, 0.3) is 10.8 Å². The molecule has 0 spiro atoms. The quantitative estimate of drug-likeness (QED) is 0.0777. The largest absolute Gasteiger partial charge is 0.481 e. The Bertz CT molecular complexity index is 1880. The zero-order valence-electron chi connectivity index (χ0n) is 32.2. The van der Waals surface area contributed by atoms with Crippen molar-refractivity contribution in [3.8, 4) is 0 Å². The van der Waals surface area contributed by atoms with Crippen LogP contribution in [0.1, 0.15) is 47.1 Å². The average molecular weight is 764 g/mol. The number of aliphatic carboxylic acids is 3. The predicted molar refractivity (Wildman–Crippen MR) is 216 cm³/mol. The van der Waals surface area contributed by atoms with E-state index in [2.05, 4.69) is 74.2 Å². The van der Waals surface area contributed by atoms with E-state index in [0.29, 0.717) is 38.9 Å². The summed E-state index contributed by atoms with van der Waals surface area (Å²) >= 11 is 0. The number of benzene rings is 3. The van der Waals surface area contributed by atoms with Crippen LogP contribution < -0.4 is 16.0 Å². The number of carboxylic acids is 3. The lowest BCUT2D eigenvalue weighted by atomic mass is 9.85. The van der Waals surface area contributed by atoms with Crippen molar-refractivity contribution >= 4 is 28.7 Å². The molecule has 4 aromatic rings. The first-order valence-corrected chi connectivity index (χ1v) is 20.5. The van der Waals surface area contributed by atoms with Gasteiger partial charge in [-0.2, -0.15) is 0 Å². The lowest BCUT2D eigenvalue weighted by Gasteiger charge is -2.24. The van der Waals surface area contributed by atoms with Gasteiger partial charge in [-0.1, -0.05) is 66.7 Å². The second-order valence-electron chi connectivity index (χ2n) is 16.5. The summed E-state index contributed by atoms with van der Waals surface area (Å²) in [5.74, 6) is -3.13. The van der Waals surface area contributed by atoms with E-state index in [-0.39, 0.29) is 17.8 Å². The maximum absolute atomic E-state index is 12.3. The fourth-order valence-corrected chi connectivity index (χ4v) is 9.46. The standard InChI is InChI=1S/C45H57N5O6/c51-43(52)39(35-10-13-46-23-35)20-30-4-1-6-32(18-30)26-49(27-33-7-2-5-31(19-33)21-40(44(53)54)36-11-14-47-24-36)16-17-50-28-38-9-3-8-34(42(38)29-50)22-41(45(55)56)37-12-15-48-25-37/h1-9,18-19,28-29,35-37,39-41,46-48H,10-17,20-27H2,(H,51,52)(H,53,54)(H,55,56). The summed E-state index contributed by atoms with van der Waals surface area (Å²) in [6, 6.07) is 22.9. The molecule has 3 saturated heterocycles. The Hall–Kier alpha value is -4.55. The smallest absolute Gasteiger partial charge is 0.307 e. The van der Waals surface area contributed by atoms with E-state index in [1.54, 1.807) is 0 Å². The number of hydrogen-bond donors (Lipinski definition) is 6. The van der Waals surface area contributed by atoms with Gasteiger partial charge in [0.15, 0.2) is 0 Å². The molecule has 3 aliphatic heterocycles. The van der Waals surface area contributed by atoms with Gasteiger partial charge in [0.2, 0.25) is 0 Å². The second-order valence-corrected chi connectivity index (χ2v) is 16.5. The Labute approximate surface area is 329 Å². The molecule has 0 aliphatic carbocycles. The van der Waals surface area contributed by atoms with Gasteiger partial charge in [0, 0.05) is 44.0 Å². The van der Waals surface area contributed by atoms with E-state index < -0.39 is 35.7 Å². The Kier molecular flexibility index (Phi) is 13.2. The van der Waals surface area contributed by atoms with E-state index in [1.807, 2.05) is 30.3 Å². The molecule has 0 amide bonds. The molecule has 0 saturated carbocycles. The van der Waals surface area contributed by atoms with Crippen LogP contribution in [0.4, 0.5) is 0 Å². The van der Waals surface area contributed by atoms with Crippen molar-refractivity contribution in [3.63, 3.8) is 0 Å². The molecule has 3 aromatic carbocycles. The Morgan fingerprint density at radius 1 is 0.625 bits per heavy atom. The van der Waals surface area contributed by atoms with Crippen LogP contribution >= 0.6 is 0 Å². The minimum Gasteiger partial charge on any atom is -0.481 e. The summed E-state index contributed by atoms with van der Waals surface area (Å²) in [6.45, 7) is 7.57. The lowest BCUT2D eigenvalue weighted by Crippen LogP contribution is -2.28. The highest BCUT2D eigenvalue weighted by Crippen LogP contribution is 2.29.